The molecule has 0 aliphatic rings. The maximum atomic E-state index is 13.3. The second kappa shape index (κ2) is 8.18. The van der Waals surface area contributed by atoms with E-state index in [0.717, 1.165) is 4.57 Å². The first-order chi connectivity index (χ1) is 15.5. The van der Waals surface area contributed by atoms with Crippen LogP contribution < -0.4 is 11.2 Å². The van der Waals surface area contributed by atoms with Crippen LogP contribution in [0.4, 0.5) is 4.39 Å². The fourth-order valence-corrected chi connectivity index (χ4v) is 4.43. The summed E-state index contributed by atoms with van der Waals surface area (Å²) < 4.78 is 21.5. The van der Waals surface area contributed by atoms with Gasteiger partial charge in [0.15, 0.2) is 0 Å². The summed E-state index contributed by atoms with van der Waals surface area (Å²) >= 11 is 7.49. The van der Waals surface area contributed by atoms with Gasteiger partial charge in [-0.2, -0.15) is 4.98 Å². The minimum absolute atomic E-state index is 0.0247. The molecule has 3 heterocycles. The Hall–Kier alpha value is -3.56. The van der Waals surface area contributed by atoms with E-state index in [1.165, 1.54) is 40.2 Å². The zero-order valence-corrected chi connectivity index (χ0v) is 17.9. The highest BCUT2D eigenvalue weighted by atomic mass is 35.5. The smallest absolute Gasteiger partial charge is 0.332 e. The van der Waals surface area contributed by atoms with Gasteiger partial charge < -0.3 is 4.52 Å². The van der Waals surface area contributed by atoms with Gasteiger partial charge in [0.1, 0.15) is 17.1 Å². The summed E-state index contributed by atoms with van der Waals surface area (Å²) in [6.45, 7) is 0.0128. The molecular formula is C22H14ClFN4O3S. The molecule has 0 spiro atoms. The molecule has 7 nitrogen and oxygen atoms in total. The molecule has 0 saturated heterocycles. The highest BCUT2D eigenvalue weighted by Crippen LogP contribution is 2.20. The number of hydrogen-bond donors (Lipinski definition) is 0. The van der Waals surface area contributed by atoms with Crippen LogP contribution in [0.3, 0.4) is 0 Å². The molecule has 0 N–H and O–H groups in total. The molecule has 0 aliphatic heterocycles. The predicted octanol–water partition coefficient (Wildman–Crippen LogP) is 4.16. The van der Waals surface area contributed by atoms with Crippen LogP contribution >= 0.6 is 22.9 Å². The van der Waals surface area contributed by atoms with Gasteiger partial charge >= 0.3 is 5.69 Å². The molecule has 32 heavy (non-hydrogen) atoms. The number of hydrogen-bond acceptors (Lipinski definition) is 6. The topological polar surface area (TPSA) is 82.9 Å². The molecule has 0 radical (unpaired) electrons. The second-order valence-corrected chi connectivity index (χ2v) is 8.33. The molecule has 3 aromatic heterocycles. The molecule has 10 heteroatoms. The number of thiophene rings is 1. The second-order valence-electron chi connectivity index (χ2n) is 7.01. The monoisotopic (exact) mass is 468 g/mol. The lowest BCUT2D eigenvalue weighted by Gasteiger charge is -2.11. The first kappa shape index (κ1) is 20.3. The highest BCUT2D eigenvalue weighted by molar-refractivity contribution is 7.17. The molecule has 5 rings (SSSR count). The van der Waals surface area contributed by atoms with E-state index in [-0.39, 0.29) is 36.2 Å². The zero-order chi connectivity index (χ0) is 22.2. The van der Waals surface area contributed by atoms with Gasteiger partial charge in [-0.05, 0) is 47.3 Å². The lowest BCUT2D eigenvalue weighted by Crippen LogP contribution is -2.40. The first-order valence-electron chi connectivity index (χ1n) is 9.54. The Labute approximate surface area is 188 Å². The van der Waals surface area contributed by atoms with Crippen molar-refractivity contribution in [1.29, 1.82) is 0 Å². The predicted molar refractivity (Wildman–Crippen MR) is 120 cm³/mol. The molecule has 0 amide bonds. The van der Waals surface area contributed by atoms with Crippen LogP contribution in [0, 0.1) is 5.82 Å². The normalized spacial score (nSPS) is 11.3. The highest BCUT2D eigenvalue weighted by Gasteiger charge is 2.18. The summed E-state index contributed by atoms with van der Waals surface area (Å²) in [7, 11) is 0. The average Bonchev–Trinajstić information content (AvgIpc) is 3.46. The summed E-state index contributed by atoms with van der Waals surface area (Å²) in [5.74, 6) is 0.0884. The molecule has 0 saturated carbocycles. The fraction of sp³-hybridized carbons (Fsp3) is 0.0909. The zero-order valence-electron chi connectivity index (χ0n) is 16.4. The lowest BCUT2D eigenvalue weighted by molar-refractivity contribution is 0.369. The van der Waals surface area contributed by atoms with Crippen molar-refractivity contribution in [1.82, 2.24) is 19.3 Å². The molecule has 0 atom stereocenters. The van der Waals surface area contributed by atoms with Gasteiger partial charge in [0.2, 0.25) is 11.7 Å². The summed E-state index contributed by atoms with van der Waals surface area (Å²) in [6.07, 6.45) is 0. The van der Waals surface area contributed by atoms with Crippen molar-refractivity contribution in [2.75, 3.05) is 0 Å². The van der Waals surface area contributed by atoms with Crippen LogP contribution in [0.1, 0.15) is 11.5 Å². The third-order valence-electron chi connectivity index (χ3n) is 4.99. The SMILES string of the molecule is O=c1c2sccc2n(Cc2nc(-c3ccc(F)cc3)no2)c(=O)n1Cc1ccccc1Cl. The van der Waals surface area contributed by atoms with Gasteiger partial charge in [-0.3, -0.25) is 13.9 Å². The Balaban J connectivity index is 1.57. The van der Waals surface area contributed by atoms with Crippen molar-refractivity contribution in [3.8, 4) is 11.4 Å². The number of aromatic nitrogens is 4. The van der Waals surface area contributed by atoms with Crippen molar-refractivity contribution in [3.63, 3.8) is 0 Å². The number of rotatable bonds is 5. The Kier molecular flexibility index (Phi) is 5.20. The molecule has 0 aliphatic carbocycles. The molecule has 0 fully saturated rings. The third kappa shape index (κ3) is 3.65. The fourth-order valence-electron chi connectivity index (χ4n) is 3.39. The van der Waals surface area contributed by atoms with Crippen molar-refractivity contribution in [3.05, 3.63) is 103 Å². The van der Waals surface area contributed by atoms with E-state index in [1.54, 1.807) is 35.7 Å². The maximum Gasteiger partial charge on any atom is 0.332 e. The van der Waals surface area contributed by atoms with Crippen LogP contribution in [-0.4, -0.2) is 19.3 Å². The number of fused-ring (bicyclic) bond motifs is 1. The van der Waals surface area contributed by atoms with Crippen LogP contribution in [-0.2, 0) is 13.1 Å². The number of nitrogens with zero attached hydrogens (tertiary/aromatic N) is 4. The van der Waals surface area contributed by atoms with E-state index >= 15 is 0 Å². The molecule has 0 unspecified atom stereocenters. The van der Waals surface area contributed by atoms with Gasteiger partial charge in [-0.25, -0.2) is 9.18 Å². The molecule has 0 bridgehead atoms. The summed E-state index contributed by atoms with van der Waals surface area (Å²) in [5.41, 5.74) is 0.836. The van der Waals surface area contributed by atoms with Crippen molar-refractivity contribution in [2.45, 2.75) is 13.1 Å². The van der Waals surface area contributed by atoms with Crippen molar-refractivity contribution >= 4 is 33.2 Å². The van der Waals surface area contributed by atoms with Crippen molar-refractivity contribution in [2.24, 2.45) is 0 Å². The van der Waals surface area contributed by atoms with Crippen LogP contribution in [0.2, 0.25) is 5.02 Å². The molecular weight excluding hydrogens is 455 g/mol. The van der Waals surface area contributed by atoms with Gasteiger partial charge in [0.05, 0.1) is 12.1 Å². The average molecular weight is 469 g/mol. The summed E-state index contributed by atoms with van der Waals surface area (Å²) in [5, 5.41) is 6.14. The Morgan fingerprint density at radius 3 is 2.56 bits per heavy atom. The quantitative estimate of drug-likeness (QED) is 0.386. The van der Waals surface area contributed by atoms with Crippen LogP contribution in [0.15, 0.2) is 74.1 Å². The largest absolute Gasteiger partial charge is 0.337 e. The van der Waals surface area contributed by atoms with Gasteiger partial charge in [0, 0.05) is 10.6 Å². The molecule has 2 aromatic carbocycles. The van der Waals surface area contributed by atoms with E-state index < -0.39 is 5.69 Å². The van der Waals surface area contributed by atoms with Gasteiger partial charge in [-0.1, -0.05) is 35.0 Å². The summed E-state index contributed by atoms with van der Waals surface area (Å²) in [6, 6.07) is 14.4. The number of benzene rings is 2. The Bertz CT molecular complexity index is 1550. The standard InChI is InChI=1S/C22H14ClFN4O3S/c23-16-4-2-1-3-14(16)11-28-21(29)19-17(9-10-32-19)27(22(28)30)12-18-25-20(26-31-18)13-5-7-15(24)8-6-13/h1-10H,11-12H2. The summed E-state index contributed by atoms with van der Waals surface area (Å²) in [4.78, 5) is 30.6. The maximum absolute atomic E-state index is 13.3. The lowest BCUT2D eigenvalue weighted by atomic mass is 10.2. The van der Waals surface area contributed by atoms with E-state index in [4.69, 9.17) is 16.1 Å². The van der Waals surface area contributed by atoms with Crippen LogP contribution in [0.5, 0.6) is 0 Å². The van der Waals surface area contributed by atoms with Crippen LogP contribution in [0.25, 0.3) is 21.6 Å². The Morgan fingerprint density at radius 2 is 1.78 bits per heavy atom. The van der Waals surface area contributed by atoms with E-state index in [9.17, 15) is 14.0 Å². The minimum atomic E-state index is -0.512. The Morgan fingerprint density at radius 1 is 1.00 bits per heavy atom. The third-order valence-corrected chi connectivity index (χ3v) is 6.25. The molecule has 5 aromatic rings. The van der Waals surface area contributed by atoms with E-state index in [1.807, 2.05) is 0 Å². The first-order valence-corrected chi connectivity index (χ1v) is 10.8. The van der Waals surface area contributed by atoms with Gasteiger partial charge in [0.25, 0.3) is 5.56 Å². The van der Waals surface area contributed by atoms with Gasteiger partial charge in [-0.15, -0.1) is 11.3 Å². The van der Waals surface area contributed by atoms with Crippen molar-refractivity contribution < 1.29 is 8.91 Å². The number of halogens is 2. The molecule has 160 valence electrons. The minimum Gasteiger partial charge on any atom is -0.337 e. The van der Waals surface area contributed by atoms with E-state index in [2.05, 4.69) is 10.1 Å². The van der Waals surface area contributed by atoms with E-state index in [0.29, 0.717) is 26.4 Å².